The first-order valence-electron chi connectivity index (χ1n) is 7.09. The summed E-state index contributed by atoms with van der Waals surface area (Å²) in [5.74, 6) is 0.460. The maximum absolute atomic E-state index is 12.3. The molecule has 1 aromatic rings. The van der Waals surface area contributed by atoms with E-state index in [2.05, 4.69) is 4.98 Å². The normalized spacial score (nSPS) is 28.6. The van der Waals surface area contributed by atoms with E-state index in [4.69, 9.17) is 4.74 Å². The lowest BCUT2D eigenvalue weighted by Gasteiger charge is -2.24. The maximum Gasteiger partial charge on any atom is 0.222 e. The van der Waals surface area contributed by atoms with Crippen LogP contribution in [0.4, 0.5) is 0 Å². The Morgan fingerprint density at radius 1 is 1.50 bits per heavy atom. The maximum atomic E-state index is 12.3. The van der Waals surface area contributed by atoms with Crippen LogP contribution < -0.4 is 0 Å². The molecule has 5 nitrogen and oxygen atoms in total. The first kappa shape index (κ1) is 13.5. The third kappa shape index (κ3) is 2.43. The molecule has 2 aliphatic rings. The van der Waals surface area contributed by atoms with Gasteiger partial charge in [-0.15, -0.1) is 0 Å². The Hall–Kier alpha value is -1.46. The van der Waals surface area contributed by atoms with E-state index in [1.54, 1.807) is 12.4 Å². The van der Waals surface area contributed by atoms with Gasteiger partial charge in [0.05, 0.1) is 19.8 Å². The zero-order valence-electron chi connectivity index (χ0n) is 11.5. The van der Waals surface area contributed by atoms with E-state index in [1.807, 2.05) is 17.0 Å². The van der Waals surface area contributed by atoms with Crippen LogP contribution in [0.25, 0.3) is 0 Å². The molecule has 0 radical (unpaired) electrons. The van der Waals surface area contributed by atoms with Gasteiger partial charge >= 0.3 is 0 Å². The van der Waals surface area contributed by atoms with Crippen molar-refractivity contribution in [2.75, 3.05) is 32.9 Å². The summed E-state index contributed by atoms with van der Waals surface area (Å²) in [7, 11) is 0. The van der Waals surface area contributed by atoms with E-state index in [1.165, 1.54) is 0 Å². The van der Waals surface area contributed by atoms with Crippen molar-refractivity contribution in [1.82, 2.24) is 9.88 Å². The molecular weight excluding hydrogens is 256 g/mol. The molecule has 2 aliphatic heterocycles. The number of aliphatic hydroxyl groups excluding tert-OH is 1. The van der Waals surface area contributed by atoms with Crippen LogP contribution in [0.1, 0.15) is 12.0 Å². The van der Waals surface area contributed by atoms with Crippen LogP contribution in [0.15, 0.2) is 24.5 Å². The molecule has 0 aromatic carbocycles. The molecule has 0 saturated carbocycles. The van der Waals surface area contributed by atoms with Crippen molar-refractivity contribution in [3.8, 4) is 0 Å². The van der Waals surface area contributed by atoms with Gasteiger partial charge in [-0.05, 0) is 24.1 Å². The number of nitrogens with zero attached hydrogens (tertiary/aromatic N) is 2. The Labute approximate surface area is 118 Å². The number of fused-ring (bicyclic) bond motifs is 1. The first-order valence-corrected chi connectivity index (χ1v) is 7.09. The summed E-state index contributed by atoms with van der Waals surface area (Å²) in [5.41, 5.74) is 0.916. The highest BCUT2D eigenvalue weighted by Gasteiger charge is 2.51. The van der Waals surface area contributed by atoms with Crippen LogP contribution >= 0.6 is 0 Å². The molecular formula is C15H20N2O3. The second-order valence-corrected chi connectivity index (χ2v) is 5.86. The molecule has 1 amide bonds. The number of aromatic nitrogens is 1. The Morgan fingerprint density at radius 3 is 3.00 bits per heavy atom. The van der Waals surface area contributed by atoms with Gasteiger partial charge in [0.15, 0.2) is 0 Å². The molecule has 0 spiro atoms. The number of carbonyl (C=O) groups is 1. The second kappa shape index (κ2) is 5.50. The van der Waals surface area contributed by atoms with Crippen LogP contribution in [-0.4, -0.2) is 53.8 Å². The molecule has 3 rings (SSSR count). The van der Waals surface area contributed by atoms with Crippen molar-refractivity contribution in [1.29, 1.82) is 0 Å². The van der Waals surface area contributed by atoms with Gasteiger partial charge in [-0.25, -0.2) is 0 Å². The van der Waals surface area contributed by atoms with Gasteiger partial charge in [-0.1, -0.05) is 0 Å². The zero-order chi connectivity index (χ0) is 14.0. The highest BCUT2D eigenvalue weighted by atomic mass is 16.5. The van der Waals surface area contributed by atoms with E-state index >= 15 is 0 Å². The number of amides is 1. The van der Waals surface area contributed by atoms with Gasteiger partial charge in [0, 0.05) is 43.2 Å². The lowest BCUT2D eigenvalue weighted by molar-refractivity contribution is -0.131. The van der Waals surface area contributed by atoms with Gasteiger partial charge in [0.1, 0.15) is 0 Å². The highest BCUT2D eigenvalue weighted by molar-refractivity contribution is 5.77. The van der Waals surface area contributed by atoms with Crippen LogP contribution in [-0.2, 0) is 16.0 Å². The molecule has 0 bridgehead atoms. The summed E-state index contributed by atoms with van der Waals surface area (Å²) in [6.45, 7) is 2.68. The number of ether oxygens (including phenoxy) is 1. The minimum absolute atomic E-state index is 0.103. The van der Waals surface area contributed by atoms with Gasteiger partial charge in [-0.3, -0.25) is 9.78 Å². The average molecular weight is 276 g/mol. The topological polar surface area (TPSA) is 62.7 Å². The van der Waals surface area contributed by atoms with Crippen LogP contribution in [0.3, 0.4) is 0 Å². The number of aliphatic hydroxyl groups is 1. The third-order valence-electron chi connectivity index (χ3n) is 4.57. The summed E-state index contributed by atoms with van der Waals surface area (Å²) in [5, 5.41) is 9.61. The van der Waals surface area contributed by atoms with Crippen LogP contribution in [0, 0.1) is 11.3 Å². The van der Waals surface area contributed by atoms with Crippen molar-refractivity contribution < 1.29 is 14.6 Å². The number of hydrogen-bond donors (Lipinski definition) is 1. The van der Waals surface area contributed by atoms with Crippen molar-refractivity contribution in [3.63, 3.8) is 0 Å². The number of aryl methyl sites for hydroxylation is 1. The summed E-state index contributed by atoms with van der Waals surface area (Å²) in [6, 6.07) is 3.88. The van der Waals surface area contributed by atoms with E-state index in [0.717, 1.165) is 18.5 Å². The van der Waals surface area contributed by atoms with Gasteiger partial charge in [-0.2, -0.15) is 0 Å². The van der Waals surface area contributed by atoms with E-state index < -0.39 is 0 Å². The van der Waals surface area contributed by atoms with Crippen molar-refractivity contribution in [3.05, 3.63) is 30.1 Å². The average Bonchev–Trinajstić information content (AvgIpc) is 3.03. The summed E-state index contributed by atoms with van der Waals surface area (Å²) < 4.78 is 5.46. The first-order chi connectivity index (χ1) is 9.73. The fourth-order valence-corrected chi connectivity index (χ4v) is 3.20. The van der Waals surface area contributed by atoms with Gasteiger partial charge in [0.25, 0.3) is 0 Å². The molecule has 2 saturated heterocycles. The number of hydrogen-bond acceptors (Lipinski definition) is 4. The minimum atomic E-state index is -0.216. The highest BCUT2D eigenvalue weighted by Crippen LogP contribution is 2.40. The monoisotopic (exact) mass is 276 g/mol. The molecule has 2 fully saturated rings. The summed E-state index contributed by atoms with van der Waals surface area (Å²) in [4.78, 5) is 18.2. The minimum Gasteiger partial charge on any atom is -0.396 e. The SMILES string of the molecule is O=C(CCc1ccncc1)N1C[C@H]2COC[C@@]2(CO)C1. The smallest absolute Gasteiger partial charge is 0.222 e. The molecule has 3 heterocycles. The lowest BCUT2D eigenvalue weighted by atomic mass is 9.82. The quantitative estimate of drug-likeness (QED) is 0.869. The standard InChI is InChI=1S/C15H20N2O3/c18-10-15-9-17(7-13(15)8-20-11-15)14(19)2-1-12-3-5-16-6-4-12/h3-6,13,18H,1-2,7-11H2/t13-,15-/m0/s1. The predicted molar refractivity (Wildman–Crippen MR) is 73.0 cm³/mol. The molecule has 5 heteroatoms. The number of likely N-dealkylation sites (tertiary alicyclic amines) is 1. The van der Waals surface area contributed by atoms with E-state index in [-0.39, 0.29) is 23.8 Å². The Bertz CT molecular complexity index is 479. The van der Waals surface area contributed by atoms with Crippen molar-refractivity contribution in [2.45, 2.75) is 12.8 Å². The largest absolute Gasteiger partial charge is 0.396 e. The summed E-state index contributed by atoms with van der Waals surface area (Å²) >= 11 is 0. The van der Waals surface area contributed by atoms with Crippen LogP contribution in [0.2, 0.25) is 0 Å². The Morgan fingerprint density at radius 2 is 2.30 bits per heavy atom. The molecule has 0 unspecified atom stereocenters. The fraction of sp³-hybridized carbons (Fsp3) is 0.600. The molecule has 20 heavy (non-hydrogen) atoms. The predicted octanol–water partition coefficient (Wildman–Crippen LogP) is 0.481. The van der Waals surface area contributed by atoms with Crippen molar-refractivity contribution >= 4 is 5.91 Å². The second-order valence-electron chi connectivity index (χ2n) is 5.86. The third-order valence-corrected chi connectivity index (χ3v) is 4.57. The molecule has 108 valence electrons. The van der Waals surface area contributed by atoms with Gasteiger partial charge in [0.2, 0.25) is 5.91 Å². The van der Waals surface area contributed by atoms with Crippen molar-refractivity contribution in [2.24, 2.45) is 11.3 Å². The van der Waals surface area contributed by atoms with Crippen LogP contribution in [0.5, 0.6) is 0 Å². The number of rotatable bonds is 4. The fourth-order valence-electron chi connectivity index (χ4n) is 3.20. The zero-order valence-corrected chi connectivity index (χ0v) is 11.5. The molecule has 1 N–H and O–H groups in total. The van der Waals surface area contributed by atoms with Gasteiger partial charge < -0.3 is 14.7 Å². The van der Waals surface area contributed by atoms with E-state index in [9.17, 15) is 9.90 Å². The molecule has 0 aliphatic carbocycles. The van der Waals surface area contributed by atoms with E-state index in [0.29, 0.717) is 26.2 Å². The Balaban J connectivity index is 1.57. The molecule has 2 atom stereocenters. The Kier molecular flexibility index (Phi) is 3.72. The summed E-state index contributed by atoms with van der Waals surface area (Å²) in [6.07, 6.45) is 4.75. The molecule has 1 aromatic heterocycles. The lowest BCUT2D eigenvalue weighted by Crippen LogP contribution is -2.36. The number of carbonyl (C=O) groups excluding carboxylic acids is 1. The number of pyridine rings is 1.